The summed E-state index contributed by atoms with van der Waals surface area (Å²) in [5, 5.41) is 2.42. The summed E-state index contributed by atoms with van der Waals surface area (Å²) in [6.45, 7) is 9.73. The number of ether oxygens (including phenoxy) is 1. The van der Waals surface area contributed by atoms with Gasteiger partial charge in [0.1, 0.15) is 0 Å². The second-order valence-corrected chi connectivity index (χ2v) is 4.37. The van der Waals surface area contributed by atoms with Gasteiger partial charge < -0.3 is 4.74 Å². The lowest BCUT2D eigenvalue weighted by molar-refractivity contribution is 0.119. The van der Waals surface area contributed by atoms with Gasteiger partial charge in [0.25, 0.3) is 0 Å². The summed E-state index contributed by atoms with van der Waals surface area (Å²) in [5.74, 6) is 0. The second kappa shape index (κ2) is 5.19. The summed E-state index contributed by atoms with van der Waals surface area (Å²) in [7, 11) is 1.73. The molecule has 0 aliphatic rings. The molecule has 0 heterocycles. The van der Waals surface area contributed by atoms with Crippen LogP contribution in [0, 0.1) is 0 Å². The van der Waals surface area contributed by atoms with Crippen LogP contribution in [0.15, 0.2) is 43.5 Å². The minimum Gasteiger partial charge on any atom is -0.377 e. The molecule has 0 radical (unpaired) electrons. The third-order valence-electron chi connectivity index (χ3n) is 3.33. The van der Waals surface area contributed by atoms with Crippen molar-refractivity contribution in [2.45, 2.75) is 13.0 Å². The largest absolute Gasteiger partial charge is 0.377 e. The van der Waals surface area contributed by atoms with Crippen LogP contribution < -0.4 is 0 Å². The molecule has 0 saturated carbocycles. The van der Waals surface area contributed by atoms with E-state index in [4.69, 9.17) is 4.74 Å². The van der Waals surface area contributed by atoms with Crippen LogP contribution in [-0.4, -0.2) is 7.11 Å². The van der Waals surface area contributed by atoms with E-state index < -0.39 is 0 Å². The Balaban J connectivity index is 2.63. The van der Waals surface area contributed by atoms with Crippen molar-refractivity contribution in [2.75, 3.05) is 7.11 Å². The molecule has 2 rings (SSSR count). The predicted octanol–water partition coefficient (Wildman–Crippen LogP) is 4.83. The van der Waals surface area contributed by atoms with E-state index in [9.17, 15) is 0 Å². The van der Waals surface area contributed by atoms with Crippen LogP contribution in [0.5, 0.6) is 0 Å². The molecule has 0 saturated heterocycles. The van der Waals surface area contributed by atoms with E-state index in [0.717, 1.165) is 11.1 Å². The highest BCUT2D eigenvalue weighted by Crippen LogP contribution is 2.26. The quantitative estimate of drug-likeness (QED) is 0.741. The fourth-order valence-corrected chi connectivity index (χ4v) is 2.09. The monoisotopic (exact) mass is 238 g/mol. The number of hydrogen-bond donors (Lipinski definition) is 0. The molecule has 18 heavy (non-hydrogen) atoms. The van der Waals surface area contributed by atoms with Gasteiger partial charge in [-0.2, -0.15) is 0 Å². The molecular formula is C17H18O. The van der Waals surface area contributed by atoms with Crippen molar-refractivity contribution >= 4 is 22.9 Å². The number of methoxy groups -OCH3 is 1. The zero-order chi connectivity index (χ0) is 13.1. The fraction of sp³-hybridized carbons (Fsp3) is 0.176. The molecule has 0 amide bonds. The van der Waals surface area contributed by atoms with E-state index in [0.29, 0.717) is 0 Å². The molecule has 92 valence electrons. The maximum absolute atomic E-state index is 5.35. The van der Waals surface area contributed by atoms with Crippen LogP contribution in [0.3, 0.4) is 0 Å². The van der Waals surface area contributed by atoms with Crippen LogP contribution >= 0.6 is 0 Å². The van der Waals surface area contributed by atoms with Gasteiger partial charge in [-0.25, -0.2) is 0 Å². The highest BCUT2D eigenvalue weighted by atomic mass is 16.5. The van der Waals surface area contributed by atoms with E-state index in [1.807, 2.05) is 19.1 Å². The molecule has 0 aromatic heterocycles. The van der Waals surface area contributed by atoms with E-state index in [-0.39, 0.29) is 6.10 Å². The molecule has 1 unspecified atom stereocenters. The van der Waals surface area contributed by atoms with Crippen LogP contribution in [0.1, 0.15) is 29.7 Å². The lowest BCUT2D eigenvalue weighted by atomic mass is 9.98. The van der Waals surface area contributed by atoms with Gasteiger partial charge >= 0.3 is 0 Å². The maximum atomic E-state index is 5.35. The number of rotatable bonds is 4. The predicted molar refractivity (Wildman–Crippen MR) is 79.6 cm³/mol. The van der Waals surface area contributed by atoms with Crippen molar-refractivity contribution in [2.24, 2.45) is 0 Å². The van der Waals surface area contributed by atoms with Gasteiger partial charge in [-0.15, -0.1) is 0 Å². The standard InChI is InChI=1S/C17H18O/c1-5-13-9-16-8-7-15(12(3)18-4)11-17(16)10-14(13)6-2/h5-12H,1-2H2,3-4H3. The smallest absolute Gasteiger partial charge is 0.0793 e. The summed E-state index contributed by atoms with van der Waals surface area (Å²) in [6.07, 6.45) is 3.84. The highest BCUT2D eigenvalue weighted by Gasteiger charge is 2.06. The molecule has 0 fully saturated rings. The minimum absolute atomic E-state index is 0.112. The van der Waals surface area contributed by atoms with Gasteiger partial charge in [-0.3, -0.25) is 0 Å². The first-order valence-corrected chi connectivity index (χ1v) is 6.05. The summed E-state index contributed by atoms with van der Waals surface area (Å²) in [6, 6.07) is 10.7. The Bertz CT molecular complexity index is 596. The summed E-state index contributed by atoms with van der Waals surface area (Å²) >= 11 is 0. The maximum Gasteiger partial charge on any atom is 0.0793 e. The zero-order valence-corrected chi connectivity index (χ0v) is 10.9. The number of fused-ring (bicyclic) bond motifs is 1. The molecule has 1 heteroatoms. The Hall–Kier alpha value is -1.86. The molecule has 0 spiro atoms. The van der Waals surface area contributed by atoms with Gasteiger partial charge in [0.15, 0.2) is 0 Å². The van der Waals surface area contributed by atoms with Crippen LogP contribution in [0.2, 0.25) is 0 Å². The van der Waals surface area contributed by atoms with E-state index in [2.05, 4.69) is 43.5 Å². The molecule has 0 bridgehead atoms. The average molecular weight is 238 g/mol. The van der Waals surface area contributed by atoms with Gasteiger partial charge in [-0.1, -0.05) is 37.4 Å². The third-order valence-corrected chi connectivity index (χ3v) is 3.33. The summed E-state index contributed by atoms with van der Waals surface area (Å²) in [4.78, 5) is 0. The molecule has 0 aliphatic carbocycles. The summed E-state index contributed by atoms with van der Waals surface area (Å²) in [5.41, 5.74) is 3.41. The van der Waals surface area contributed by atoms with Crippen molar-refractivity contribution in [3.63, 3.8) is 0 Å². The zero-order valence-electron chi connectivity index (χ0n) is 10.9. The number of hydrogen-bond acceptors (Lipinski definition) is 1. The number of benzene rings is 2. The molecule has 1 nitrogen and oxygen atoms in total. The van der Waals surface area contributed by atoms with Gasteiger partial charge in [0.2, 0.25) is 0 Å². The molecule has 1 atom stereocenters. The average Bonchev–Trinajstić information content (AvgIpc) is 2.44. The Morgan fingerprint density at radius 3 is 2.17 bits per heavy atom. The first-order chi connectivity index (χ1) is 8.69. The first-order valence-electron chi connectivity index (χ1n) is 6.05. The van der Waals surface area contributed by atoms with Gasteiger partial charge in [-0.05, 0) is 52.6 Å². The molecule has 2 aromatic rings. The van der Waals surface area contributed by atoms with Crippen molar-refractivity contribution in [3.8, 4) is 0 Å². The molecule has 0 aliphatic heterocycles. The van der Waals surface area contributed by atoms with Gasteiger partial charge in [0, 0.05) is 7.11 Å². The Morgan fingerprint density at radius 1 is 1.00 bits per heavy atom. The normalized spacial score (nSPS) is 12.3. The van der Waals surface area contributed by atoms with E-state index in [1.165, 1.54) is 16.3 Å². The molecule has 0 N–H and O–H groups in total. The molecular weight excluding hydrogens is 220 g/mol. The van der Waals surface area contributed by atoms with Crippen molar-refractivity contribution < 1.29 is 4.74 Å². The fourth-order valence-electron chi connectivity index (χ4n) is 2.09. The van der Waals surface area contributed by atoms with E-state index >= 15 is 0 Å². The SMILES string of the molecule is C=Cc1cc2ccc(C(C)OC)cc2cc1C=C. The molecule has 2 aromatic carbocycles. The van der Waals surface area contributed by atoms with Crippen molar-refractivity contribution in [3.05, 3.63) is 60.2 Å². The highest BCUT2D eigenvalue weighted by molar-refractivity contribution is 5.88. The Kier molecular flexibility index (Phi) is 3.63. The topological polar surface area (TPSA) is 9.23 Å². The van der Waals surface area contributed by atoms with Gasteiger partial charge in [0.05, 0.1) is 6.10 Å². The van der Waals surface area contributed by atoms with Crippen molar-refractivity contribution in [1.82, 2.24) is 0 Å². The van der Waals surface area contributed by atoms with Crippen molar-refractivity contribution in [1.29, 1.82) is 0 Å². The van der Waals surface area contributed by atoms with Crippen LogP contribution in [-0.2, 0) is 4.74 Å². The van der Waals surface area contributed by atoms with E-state index in [1.54, 1.807) is 7.11 Å². The lowest BCUT2D eigenvalue weighted by Crippen LogP contribution is -1.95. The Labute approximate surface area is 108 Å². The summed E-state index contributed by atoms with van der Waals surface area (Å²) < 4.78 is 5.35. The third kappa shape index (κ3) is 2.22. The Morgan fingerprint density at radius 2 is 1.61 bits per heavy atom. The minimum atomic E-state index is 0.112. The lowest BCUT2D eigenvalue weighted by Gasteiger charge is -2.12. The first kappa shape index (κ1) is 12.6. The van der Waals surface area contributed by atoms with Crippen LogP contribution in [0.25, 0.3) is 22.9 Å². The second-order valence-electron chi connectivity index (χ2n) is 4.37. The van der Waals surface area contributed by atoms with Crippen LogP contribution in [0.4, 0.5) is 0 Å².